The zero-order valence-corrected chi connectivity index (χ0v) is 20.1. The molecule has 0 saturated heterocycles. The van der Waals surface area contributed by atoms with E-state index in [-0.39, 0.29) is 30.7 Å². The molecule has 13 heteroatoms. The van der Waals surface area contributed by atoms with Gasteiger partial charge in [-0.1, -0.05) is 23.7 Å². The Morgan fingerprint density at radius 2 is 1.68 bits per heavy atom. The van der Waals surface area contributed by atoms with Gasteiger partial charge < -0.3 is 9.47 Å². The van der Waals surface area contributed by atoms with Crippen LogP contribution in [0.3, 0.4) is 0 Å². The molecule has 198 valence electrons. The molecule has 8 nitrogen and oxygen atoms in total. The molecular weight excluding hydrogens is 536 g/mol. The lowest BCUT2D eigenvalue weighted by molar-refractivity contribution is -0.141. The molecule has 0 aliphatic carbocycles. The van der Waals surface area contributed by atoms with Crippen LogP contribution in [-0.2, 0) is 25.2 Å². The van der Waals surface area contributed by atoms with E-state index in [0.29, 0.717) is 18.2 Å². The molecule has 0 radical (unpaired) electrons. The van der Waals surface area contributed by atoms with Crippen LogP contribution in [0.4, 0.5) is 17.6 Å². The molecule has 2 aromatic carbocycles. The van der Waals surface area contributed by atoms with Crippen LogP contribution in [0.25, 0.3) is 6.08 Å². The summed E-state index contributed by atoms with van der Waals surface area (Å²) >= 11 is 5.62. The van der Waals surface area contributed by atoms with Gasteiger partial charge in [0.05, 0.1) is 47.4 Å². The van der Waals surface area contributed by atoms with Gasteiger partial charge in [0, 0.05) is 5.56 Å². The Bertz CT molecular complexity index is 1330. The molecule has 38 heavy (non-hydrogen) atoms. The Kier molecular flexibility index (Phi) is 8.98. The minimum atomic E-state index is -5.13. The minimum Gasteiger partial charge on any atom is -0.461 e. The van der Waals surface area contributed by atoms with Crippen LogP contribution in [0.1, 0.15) is 38.3 Å². The molecular formula is C25H17ClF4N2O6. The maximum absolute atomic E-state index is 14.4. The first-order valence-corrected chi connectivity index (χ1v) is 11.2. The zero-order chi connectivity index (χ0) is 28.0. The standard InChI is InChI=1S/C25H17ClF4N2O6/c26-18-6-7-19(27)16(21(18)25(28,29)30)12-17(24(36)38-10-3-8-31)20(33)13-37-11-9-32-22(34)14-4-1-2-5-15(14)23(32)35/h1-2,4-7,12H,3,9-11,13H2. The average Bonchev–Trinajstić information content (AvgIpc) is 3.10. The van der Waals surface area contributed by atoms with Gasteiger partial charge in [-0.05, 0) is 30.3 Å². The van der Waals surface area contributed by atoms with E-state index in [9.17, 15) is 36.7 Å². The fourth-order valence-corrected chi connectivity index (χ4v) is 3.77. The summed E-state index contributed by atoms with van der Waals surface area (Å²) in [5.41, 5.74) is -3.38. The number of carbonyl (C=O) groups excluding carboxylic acids is 4. The molecule has 2 aromatic rings. The number of benzene rings is 2. The fourth-order valence-electron chi connectivity index (χ4n) is 3.50. The van der Waals surface area contributed by atoms with Crippen molar-refractivity contribution in [1.29, 1.82) is 5.26 Å². The number of carbonyl (C=O) groups is 4. The van der Waals surface area contributed by atoms with E-state index >= 15 is 0 Å². The maximum Gasteiger partial charge on any atom is 0.418 e. The molecule has 0 spiro atoms. The summed E-state index contributed by atoms with van der Waals surface area (Å²) in [5.74, 6) is -5.15. The highest BCUT2D eigenvalue weighted by Crippen LogP contribution is 2.39. The number of rotatable bonds is 10. The average molecular weight is 553 g/mol. The van der Waals surface area contributed by atoms with Crippen LogP contribution < -0.4 is 0 Å². The van der Waals surface area contributed by atoms with Gasteiger partial charge in [0.1, 0.15) is 24.6 Å². The van der Waals surface area contributed by atoms with Crippen molar-refractivity contribution in [1.82, 2.24) is 4.90 Å². The Labute approximate surface area is 218 Å². The number of Topliss-reactive ketones (excluding diaryl/α,β-unsaturated/α-hetero) is 1. The lowest BCUT2D eigenvalue weighted by atomic mass is 10.0. The molecule has 2 amide bonds. The van der Waals surface area contributed by atoms with Gasteiger partial charge in [-0.15, -0.1) is 0 Å². The van der Waals surface area contributed by atoms with E-state index in [1.807, 2.05) is 0 Å². The lowest BCUT2D eigenvalue weighted by Crippen LogP contribution is -2.33. The normalized spacial score (nSPS) is 13.4. The molecule has 0 atom stereocenters. The molecule has 0 aromatic heterocycles. The van der Waals surface area contributed by atoms with Gasteiger partial charge in [-0.3, -0.25) is 19.3 Å². The van der Waals surface area contributed by atoms with Gasteiger partial charge in [0.25, 0.3) is 11.8 Å². The topological polar surface area (TPSA) is 114 Å². The molecule has 0 N–H and O–H groups in total. The number of nitriles is 1. The third kappa shape index (κ3) is 6.24. The number of ketones is 1. The summed E-state index contributed by atoms with van der Waals surface area (Å²) in [6.45, 7) is -1.98. The molecule has 1 aliphatic rings. The SMILES string of the molecule is N#CCCOC(=O)C(=Cc1c(F)ccc(Cl)c1C(F)(F)F)C(=O)COCCN1C(=O)c2ccccc2C1=O. The van der Waals surface area contributed by atoms with E-state index in [1.165, 1.54) is 12.1 Å². The van der Waals surface area contributed by atoms with Gasteiger partial charge >= 0.3 is 12.1 Å². The second-order valence-corrected chi connectivity index (χ2v) is 8.11. The highest BCUT2D eigenvalue weighted by molar-refractivity contribution is 6.31. The number of esters is 1. The molecule has 0 fully saturated rings. The van der Waals surface area contributed by atoms with Crippen molar-refractivity contribution < 1.29 is 46.2 Å². The number of hydrogen-bond acceptors (Lipinski definition) is 7. The largest absolute Gasteiger partial charge is 0.461 e. The predicted octanol–water partition coefficient (Wildman–Crippen LogP) is 4.22. The van der Waals surface area contributed by atoms with E-state index < -0.39 is 70.5 Å². The summed E-state index contributed by atoms with van der Waals surface area (Å²) < 4.78 is 65.0. The smallest absolute Gasteiger partial charge is 0.418 e. The van der Waals surface area contributed by atoms with Gasteiger partial charge in [-0.2, -0.15) is 18.4 Å². The van der Waals surface area contributed by atoms with Crippen LogP contribution >= 0.6 is 11.6 Å². The van der Waals surface area contributed by atoms with Crippen molar-refractivity contribution in [3.05, 3.63) is 75.1 Å². The van der Waals surface area contributed by atoms with Crippen molar-refractivity contribution in [2.45, 2.75) is 12.6 Å². The minimum absolute atomic E-state index is 0.197. The zero-order valence-electron chi connectivity index (χ0n) is 19.3. The number of nitrogens with zero attached hydrogens (tertiary/aromatic N) is 2. The molecule has 1 aliphatic heterocycles. The Morgan fingerprint density at radius 1 is 1.05 bits per heavy atom. The van der Waals surface area contributed by atoms with Crippen molar-refractivity contribution in [2.75, 3.05) is 26.4 Å². The summed E-state index contributed by atoms with van der Waals surface area (Å²) in [6.07, 6.45) is -5.05. The summed E-state index contributed by atoms with van der Waals surface area (Å²) in [4.78, 5) is 50.9. The van der Waals surface area contributed by atoms with E-state index in [0.717, 1.165) is 4.90 Å². The van der Waals surface area contributed by atoms with Gasteiger partial charge in [-0.25, -0.2) is 9.18 Å². The first kappa shape index (κ1) is 28.5. The number of imide groups is 1. The maximum atomic E-state index is 14.4. The predicted molar refractivity (Wildman–Crippen MR) is 123 cm³/mol. The van der Waals surface area contributed by atoms with Crippen LogP contribution in [0.15, 0.2) is 42.0 Å². The fraction of sp³-hybridized carbons (Fsp3) is 0.240. The number of ether oxygens (including phenoxy) is 2. The molecule has 0 unspecified atom stereocenters. The second-order valence-electron chi connectivity index (χ2n) is 7.70. The second kappa shape index (κ2) is 12.0. The summed E-state index contributed by atoms with van der Waals surface area (Å²) in [7, 11) is 0. The first-order valence-electron chi connectivity index (χ1n) is 10.8. The molecule has 3 rings (SSSR count). The molecule has 1 heterocycles. The van der Waals surface area contributed by atoms with E-state index in [4.69, 9.17) is 26.3 Å². The monoisotopic (exact) mass is 552 g/mol. The quantitative estimate of drug-likeness (QED) is 0.0824. The third-order valence-corrected chi connectivity index (χ3v) is 5.57. The van der Waals surface area contributed by atoms with E-state index in [2.05, 4.69) is 0 Å². The highest BCUT2D eigenvalue weighted by atomic mass is 35.5. The van der Waals surface area contributed by atoms with Crippen LogP contribution in [0, 0.1) is 17.1 Å². The Hall–Kier alpha value is -4.08. The van der Waals surface area contributed by atoms with Crippen molar-refractivity contribution >= 4 is 41.2 Å². The van der Waals surface area contributed by atoms with Gasteiger partial charge in [0.2, 0.25) is 0 Å². The summed E-state index contributed by atoms with van der Waals surface area (Å²) in [6, 6.07) is 9.09. The van der Waals surface area contributed by atoms with Crippen LogP contribution in [0.5, 0.6) is 0 Å². The Morgan fingerprint density at radius 3 is 2.26 bits per heavy atom. The van der Waals surface area contributed by atoms with Crippen LogP contribution in [-0.4, -0.2) is 54.8 Å². The lowest BCUT2D eigenvalue weighted by Gasteiger charge is -2.15. The van der Waals surface area contributed by atoms with Crippen LogP contribution in [0.2, 0.25) is 5.02 Å². The van der Waals surface area contributed by atoms with Crippen molar-refractivity contribution in [3.8, 4) is 6.07 Å². The highest BCUT2D eigenvalue weighted by Gasteiger charge is 2.38. The molecule has 0 bridgehead atoms. The van der Waals surface area contributed by atoms with Crippen molar-refractivity contribution in [2.24, 2.45) is 0 Å². The first-order chi connectivity index (χ1) is 18.0. The number of fused-ring (bicyclic) bond motifs is 1. The number of halogens is 5. The molecule has 0 saturated carbocycles. The number of alkyl halides is 3. The third-order valence-electron chi connectivity index (χ3n) is 5.25. The number of hydrogen-bond donors (Lipinski definition) is 0. The summed E-state index contributed by atoms with van der Waals surface area (Å²) in [5, 5.41) is 7.73. The number of amides is 2. The van der Waals surface area contributed by atoms with Crippen molar-refractivity contribution in [3.63, 3.8) is 0 Å². The van der Waals surface area contributed by atoms with Gasteiger partial charge in [0.15, 0.2) is 5.78 Å². The van der Waals surface area contributed by atoms with E-state index in [1.54, 1.807) is 18.2 Å². The Balaban J connectivity index is 1.78.